The van der Waals surface area contributed by atoms with E-state index in [0.717, 1.165) is 22.5 Å². The lowest BCUT2D eigenvalue weighted by molar-refractivity contribution is -0.139. The fourth-order valence-electron chi connectivity index (χ4n) is 3.30. The van der Waals surface area contributed by atoms with Gasteiger partial charge in [-0.3, -0.25) is 13.9 Å². The Hall–Kier alpha value is -2.58. The van der Waals surface area contributed by atoms with Gasteiger partial charge in [0.2, 0.25) is 21.8 Å². The number of rotatable bonds is 10. The molecule has 0 heterocycles. The highest BCUT2D eigenvalue weighted by Crippen LogP contribution is 2.24. The lowest BCUT2D eigenvalue weighted by Crippen LogP contribution is -2.52. The monoisotopic (exact) mass is 493 g/mol. The topological polar surface area (TPSA) is 86.8 Å². The standard InChI is InChI=1S/C24H32ClN3O4S/c1-6-18(3)26-24(30)19(4)27(15-20-12-8-9-13-21(20)25)23(29)16-28(33(5,31)32)22-14-10-7-11-17(22)2/h7-14,18-19H,6,15-16H2,1-5H3,(H,26,30)/t18-,19+/m1/s1. The summed E-state index contributed by atoms with van der Waals surface area (Å²) < 4.78 is 26.3. The van der Waals surface area contributed by atoms with Crippen molar-refractivity contribution >= 4 is 39.1 Å². The van der Waals surface area contributed by atoms with Crippen molar-refractivity contribution in [3.8, 4) is 0 Å². The molecule has 0 bridgehead atoms. The van der Waals surface area contributed by atoms with Gasteiger partial charge in [-0.05, 0) is 50.5 Å². The number of para-hydroxylation sites is 1. The van der Waals surface area contributed by atoms with Crippen molar-refractivity contribution in [2.24, 2.45) is 0 Å². The summed E-state index contributed by atoms with van der Waals surface area (Å²) in [6.45, 7) is 6.88. The fraction of sp³-hybridized carbons (Fsp3) is 0.417. The summed E-state index contributed by atoms with van der Waals surface area (Å²) in [5.74, 6) is -0.818. The maximum atomic E-state index is 13.5. The first-order valence-corrected chi connectivity index (χ1v) is 13.0. The van der Waals surface area contributed by atoms with Crippen LogP contribution in [0.1, 0.15) is 38.3 Å². The Balaban J connectivity index is 2.41. The van der Waals surface area contributed by atoms with Crippen LogP contribution in [0.4, 0.5) is 5.69 Å². The Morgan fingerprint density at radius 1 is 1.06 bits per heavy atom. The predicted molar refractivity (Wildman–Crippen MR) is 133 cm³/mol. The van der Waals surface area contributed by atoms with Crippen LogP contribution in [0.15, 0.2) is 48.5 Å². The number of nitrogens with zero attached hydrogens (tertiary/aromatic N) is 2. The van der Waals surface area contributed by atoms with Gasteiger partial charge in [0.15, 0.2) is 0 Å². The summed E-state index contributed by atoms with van der Waals surface area (Å²) >= 11 is 6.31. The van der Waals surface area contributed by atoms with Gasteiger partial charge in [-0.1, -0.05) is 54.9 Å². The van der Waals surface area contributed by atoms with E-state index in [1.165, 1.54) is 4.90 Å². The molecule has 33 heavy (non-hydrogen) atoms. The number of carbonyl (C=O) groups excluding carboxylic acids is 2. The van der Waals surface area contributed by atoms with E-state index >= 15 is 0 Å². The minimum Gasteiger partial charge on any atom is -0.352 e. The molecule has 9 heteroatoms. The van der Waals surface area contributed by atoms with Crippen molar-refractivity contribution in [1.82, 2.24) is 10.2 Å². The van der Waals surface area contributed by atoms with E-state index < -0.39 is 28.5 Å². The molecule has 0 saturated heterocycles. The summed E-state index contributed by atoms with van der Waals surface area (Å²) in [5, 5.41) is 3.35. The molecule has 0 aliphatic heterocycles. The molecule has 0 aliphatic carbocycles. The largest absolute Gasteiger partial charge is 0.352 e. The molecule has 0 spiro atoms. The van der Waals surface area contributed by atoms with E-state index in [0.29, 0.717) is 16.3 Å². The van der Waals surface area contributed by atoms with Gasteiger partial charge >= 0.3 is 0 Å². The molecule has 7 nitrogen and oxygen atoms in total. The van der Waals surface area contributed by atoms with Crippen molar-refractivity contribution < 1.29 is 18.0 Å². The number of aryl methyl sites for hydroxylation is 1. The Kier molecular flexibility index (Phi) is 9.31. The Morgan fingerprint density at radius 2 is 1.67 bits per heavy atom. The van der Waals surface area contributed by atoms with Crippen LogP contribution in [-0.2, 0) is 26.2 Å². The zero-order chi connectivity index (χ0) is 24.8. The highest BCUT2D eigenvalue weighted by molar-refractivity contribution is 7.92. The van der Waals surface area contributed by atoms with Gasteiger partial charge in [0.05, 0.1) is 11.9 Å². The second-order valence-electron chi connectivity index (χ2n) is 8.16. The molecule has 2 amide bonds. The molecule has 2 aromatic carbocycles. The fourth-order valence-corrected chi connectivity index (χ4v) is 4.40. The average Bonchev–Trinajstić information content (AvgIpc) is 2.76. The molecule has 2 atom stereocenters. The SMILES string of the molecule is CC[C@@H](C)NC(=O)[C@H](C)N(Cc1ccccc1Cl)C(=O)CN(c1ccccc1C)S(C)(=O)=O. The second-order valence-corrected chi connectivity index (χ2v) is 10.5. The van der Waals surface area contributed by atoms with Crippen molar-refractivity contribution in [1.29, 1.82) is 0 Å². The van der Waals surface area contributed by atoms with Crippen LogP contribution in [0, 0.1) is 6.92 Å². The van der Waals surface area contributed by atoms with Crippen molar-refractivity contribution in [3.05, 3.63) is 64.7 Å². The minimum absolute atomic E-state index is 0.0586. The van der Waals surface area contributed by atoms with E-state index in [2.05, 4.69) is 5.32 Å². The predicted octanol–water partition coefficient (Wildman–Crippen LogP) is 3.75. The average molecular weight is 494 g/mol. The zero-order valence-corrected chi connectivity index (χ0v) is 21.3. The summed E-state index contributed by atoms with van der Waals surface area (Å²) in [6.07, 6.45) is 1.80. The number of amides is 2. The van der Waals surface area contributed by atoms with Crippen LogP contribution in [-0.4, -0.2) is 50.0 Å². The van der Waals surface area contributed by atoms with E-state index in [1.807, 2.05) is 13.8 Å². The van der Waals surface area contributed by atoms with E-state index in [-0.39, 0.29) is 18.5 Å². The lowest BCUT2D eigenvalue weighted by Gasteiger charge is -2.32. The van der Waals surface area contributed by atoms with Crippen LogP contribution in [0.5, 0.6) is 0 Å². The van der Waals surface area contributed by atoms with Gasteiger partial charge in [0, 0.05) is 17.6 Å². The third kappa shape index (κ3) is 7.20. The maximum Gasteiger partial charge on any atom is 0.244 e. The number of halogens is 1. The van der Waals surface area contributed by atoms with Crippen LogP contribution in [0.2, 0.25) is 5.02 Å². The van der Waals surface area contributed by atoms with Crippen molar-refractivity contribution in [3.63, 3.8) is 0 Å². The summed E-state index contributed by atoms with van der Waals surface area (Å²) in [5.41, 5.74) is 1.80. The first-order chi connectivity index (χ1) is 15.5. The number of carbonyl (C=O) groups is 2. The molecule has 180 valence electrons. The number of benzene rings is 2. The van der Waals surface area contributed by atoms with Gasteiger partial charge in [-0.25, -0.2) is 8.42 Å². The quantitative estimate of drug-likeness (QED) is 0.546. The first kappa shape index (κ1) is 26.7. The molecule has 0 aromatic heterocycles. The number of hydrogen-bond acceptors (Lipinski definition) is 4. The van der Waals surface area contributed by atoms with Crippen LogP contribution >= 0.6 is 11.6 Å². The van der Waals surface area contributed by atoms with Crippen LogP contribution < -0.4 is 9.62 Å². The van der Waals surface area contributed by atoms with Crippen molar-refractivity contribution in [2.75, 3.05) is 17.1 Å². The van der Waals surface area contributed by atoms with Crippen LogP contribution in [0.3, 0.4) is 0 Å². The number of nitrogens with one attached hydrogen (secondary N) is 1. The van der Waals surface area contributed by atoms with Crippen molar-refractivity contribution in [2.45, 2.75) is 52.7 Å². The minimum atomic E-state index is -3.76. The van der Waals surface area contributed by atoms with Gasteiger partial charge < -0.3 is 10.2 Å². The van der Waals surface area contributed by atoms with E-state index in [9.17, 15) is 18.0 Å². The maximum absolute atomic E-state index is 13.5. The molecule has 2 aromatic rings. The van der Waals surface area contributed by atoms with Gasteiger partial charge in [0.25, 0.3) is 0 Å². The van der Waals surface area contributed by atoms with Gasteiger partial charge in [0.1, 0.15) is 12.6 Å². The Bertz CT molecular complexity index is 1090. The van der Waals surface area contributed by atoms with Crippen LogP contribution in [0.25, 0.3) is 0 Å². The molecule has 0 radical (unpaired) electrons. The Labute approximate surface area is 201 Å². The highest BCUT2D eigenvalue weighted by Gasteiger charge is 2.31. The molecular weight excluding hydrogens is 462 g/mol. The number of hydrogen-bond donors (Lipinski definition) is 1. The molecule has 0 fully saturated rings. The summed E-state index contributed by atoms with van der Waals surface area (Å²) in [6, 6.07) is 13.1. The first-order valence-electron chi connectivity index (χ1n) is 10.8. The smallest absolute Gasteiger partial charge is 0.244 e. The Morgan fingerprint density at radius 3 is 2.24 bits per heavy atom. The summed E-state index contributed by atoms with van der Waals surface area (Å²) in [7, 11) is -3.76. The molecular formula is C24H32ClN3O4S. The number of sulfonamides is 1. The van der Waals surface area contributed by atoms with Gasteiger partial charge in [-0.15, -0.1) is 0 Å². The lowest BCUT2D eigenvalue weighted by atomic mass is 10.1. The highest BCUT2D eigenvalue weighted by atomic mass is 35.5. The number of anilines is 1. The normalized spacial score (nSPS) is 13.2. The van der Waals surface area contributed by atoms with E-state index in [4.69, 9.17) is 11.6 Å². The third-order valence-electron chi connectivity index (χ3n) is 5.53. The molecule has 2 rings (SSSR count). The molecule has 0 unspecified atom stereocenters. The second kappa shape index (κ2) is 11.5. The third-order valence-corrected chi connectivity index (χ3v) is 7.03. The molecule has 1 N–H and O–H groups in total. The molecule has 0 saturated carbocycles. The van der Waals surface area contributed by atoms with Gasteiger partial charge in [-0.2, -0.15) is 0 Å². The molecule has 0 aliphatic rings. The summed E-state index contributed by atoms with van der Waals surface area (Å²) in [4.78, 5) is 27.7. The van der Waals surface area contributed by atoms with E-state index in [1.54, 1.807) is 62.4 Å². The zero-order valence-electron chi connectivity index (χ0n) is 19.7.